The molecule has 1 fully saturated rings. The Kier molecular flexibility index (Phi) is 5.14. The van der Waals surface area contributed by atoms with Crippen molar-refractivity contribution in [3.05, 3.63) is 21.9 Å². The number of carbonyl (C=O) groups is 2. The highest BCUT2D eigenvalue weighted by Crippen LogP contribution is 2.26. The summed E-state index contributed by atoms with van der Waals surface area (Å²) in [5.41, 5.74) is 11.4. The quantitative estimate of drug-likeness (QED) is 0.767. The molecule has 5 nitrogen and oxygen atoms in total. The first-order valence-corrected chi connectivity index (χ1v) is 7.89. The largest absolute Gasteiger partial charge is 0.366 e. The third kappa shape index (κ3) is 3.58. The third-order valence-corrected chi connectivity index (χ3v) is 4.83. The Morgan fingerprint density at radius 1 is 1.35 bits per heavy atom. The van der Waals surface area contributed by atoms with Gasteiger partial charge in [0.2, 0.25) is 5.91 Å². The maximum Gasteiger partial charge on any atom is 0.261 e. The fourth-order valence-electron chi connectivity index (χ4n) is 2.73. The highest BCUT2D eigenvalue weighted by molar-refractivity contribution is 7.12. The highest BCUT2D eigenvalue weighted by atomic mass is 32.1. The van der Waals surface area contributed by atoms with Crippen LogP contribution >= 0.6 is 11.3 Å². The van der Waals surface area contributed by atoms with Gasteiger partial charge in [-0.25, -0.2) is 0 Å². The van der Waals surface area contributed by atoms with E-state index in [1.54, 1.807) is 5.38 Å². The van der Waals surface area contributed by atoms with E-state index >= 15 is 0 Å². The number of rotatable bonds is 5. The van der Waals surface area contributed by atoms with Crippen molar-refractivity contribution in [3.8, 4) is 0 Å². The minimum atomic E-state index is -0.511. The van der Waals surface area contributed by atoms with E-state index in [0.29, 0.717) is 22.9 Å². The van der Waals surface area contributed by atoms with Crippen LogP contribution in [0.5, 0.6) is 0 Å². The summed E-state index contributed by atoms with van der Waals surface area (Å²) in [5.74, 6) is -0.209. The number of hydrogen-bond acceptors (Lipinski definition) is 4. The Labute approximate surface area is 122 Å². The molecule has 2 rings (SSSR count). The molecule has 6 heteroatoms. The van der Waals surface area contributed by atoms with Crippen molar-refractivity contribution in [2.45, 2.75) is 38.1 Å². The number of nitrogens with two attached hydrogens (primary N) is 2. The topological polar surface area (TPSA) is 98.2 Å². The van der Waals surface area contributed by atoms with Crippen molar-refractivity contribution in [1.29, 1.82) is 0 Å². The second-order valence-electron chi connectivity index (χ2n) is 5.28. The molecule has 1 unspecified atom stereocenters. The number of carbonyl (C=O) groups excluding carboxylic acids is 2. The fraction of sp³-hybridized carbons (Fsp3) is 0.571. The van der Waals surface area contributed by atoms with Gasteiger partial charge in [0.1, 0.15) is 0 Å². The third-order valence-electron chi connectivity index (χ3n) is 3.90. The van der Waals surface area contributed by atoms with Crippen LogP contribution in [0.4, 0.5) is 0 Å². The predicted molar refractivity (Wildman–Crippen MR) is 79.7 cm³/mol. The van der Waals surface area contributed by atoms with Gasteiger partial charge in [-0.3, -0.25) is 9.59 Å². The summed E-state index contributed by atoms with van der Waals surface area (Å²) in [4.78, 5) is 23.7. The minimum absolute atomic E-state index is 0.0157. The van der Waals surface area contributed by atoms with Gasteiger partial charge in [0.25, 0.3) is 5.91 Å². The highest BCUT2D eigenvalue weighted by Gasteiger charge is 2.24. The van der Waals surface area contributed by atoms with Crippen LogP contribution < -0.4 is 16.8 Å². The van der Waals surface area contributed by atoms with Crippen LogP contribution in [0.15, 0.2) is 11.4 Å². The summed E-state index contributed by atoms with van der Waals surface area (Å²) in [6, 6.07) is 1.55. The summed E-state index contributed by atoms with van der Waals surface area (Å²) in [6.45, 7) is 0.449. The van der Waals surface area contributed by atoms with Gasteiger partial charge in [0, 0.05) is 18.0 Å². The summed E-state index contributed by atoms with van der Waals surface area (Å²) in [5, 5.41) is 4.61. The molecular formula is C14H21N3O2S. The van der Waals surface area contributed by atoms with E-state index < -0.39 is 5.91 Å². The van der Waals surface area contributed by atoms with Crippen LogP contribution in [-0.2, 0) is 0 Å². The average molecular weight is 295 g/mol. The van der Waals surface area contributed by atoms with Gasteiger partial charge < -0.3 is 16.8 Å². The Morgan fingerprint density at radius 2 is 2.05 bits per heavy atom. The van der Waals surface area contributed by atoms with Crippen LogP contribution in [0, 0.1) is 5.92 Å². The lowest BCUT2D eigenvalue weighted by atomic mass is 9.84. The molecule has 0 spiro atoms. The van der Waals surface area contributed by atoms with Gasteiger partial charge in [0.05, 0.1) is 10.4 Å². The van der Waals surface area contributed by atoms with Crippen LogP contribution in [0.2, 0.25) is 0 Å². The van der Waals surface area contributed by atoms with E-state index in [0.717, 1.165) is 12.8 Å². The summed E-state index contributed by atoms with van der Waals surface area (Å²) < 4.78 is 0. The van der Waals surface area contributed by atoms with Crippen LogP contribution in [0.25, 0.3) is 0 Å². The number of hydrogen-bond donors (Lipinski definition) is 3. The van der Waals surface area contributed by atoms with Crippen molar-refractivity contribution >= 4 is 23.2 Å². The summed E-state index contributed by atoms with van der Waals surface area (Å²) >= 11 is 1.23. The predicted octanol–water partition coefficient (Wildman–Crippen LogP) is 1.48. The zero-order chi connectivity index (χ0) is 14.5. The zero-order valence-electron chi connectivity index (χ0n) is 11.4. The van der Waals surface area contributed by atoms with Gasteiger partial charge >= 0.3 is 0 Å². The molecule has 1 saturated carbocycles. The Bertz CT molecular complexity index is 481. The van der Waals surface area contributed by atoms with Gasteiger partial charge in [-0.2, -0.15) is 0 Å². The molecule has 0 bridgehead atoms. The number of nitrogens with one attached hydrogen (secondary N) is 1. The van der Waals surface area contributed by atoms with Gasteiger partial charge in [-0.15, -0.1) is 11.3 Å². The molecule has 1 heterocycles. The Morgan fingerprint density at radius 3 is 2.60 bits per heavy atom. The first-order valence-electron chi connectivity index (χ1n) is 7.01. The van der Waals surface area contributed by atoms with Gasteiger partial charge in [0.15, 0.2) is 0 Å². The molecule has 110 valence electrons. The van der Waals surface area contributed by atoms with E-state index in [-0.39, 0.29) is 11.9 Å². The second-order valence-corrected chi connectivity index (χ2v) is 6.19. The molecule has 1 atom stereocenters. The minimum Gasteiger partial charge on any atom is -0.366 e. The number of thiophene rings is 1. The van der Waals surface area contributed by atoms with Crippen LogP contribution in [-0.4, -0.2) is 24.4 Å². The standard InChI is InChI=1S/C14H21N3O2S/c15-7-11(9-4-2-1-3-5-9)17-14(19)12-6-10(8-20-12)13(16)18/h6,8-9,11H,1-5,7,15H2,(H2,16,18)(H,17,19). The molecule has 1 aliphatic carbocycles. The molecule has 0 saturated heterocycles. The molecule has 20 heavy (non-hydrogen) atoms. The lowest BCUT2D eigenvalue weighted by molar-refractivity contribution is 0.0919. The van der Waals surface area contributed by atoms with Crippen molar-refractivity contribution in [3.63, 3.8) is 0 Å². The number of primary amides is 1. The molecule has 0 radical (unpaired) electrons. The maximum atomic E-state index is 12.2. The molecule has 1 aromatic rings. The number of amides is 2. The van der Waals surface area contributed by atoms with E-state index in [9.17, 15) is 9.59 Å². The molecule has 1 aromatic heterocycles. The van der Waals surface area contributed by atoms with Gasteiger partial charge in [-0.1, -0.05) is 19.3 Å². The zero-order valence-corrected chi connectivity index (χ0v) is 12.2. The van der Waals surface area contributed by atoms with Gasteiger partial charge in [-0.05, 0) is 24.8 Å². The summed E-state index contributed by atoms with van der Waals surface area (Å²) in [6.07, 6.45) is 5.94. The van der Waals surface area contributed by atoms with Crippen molar-refractivity contribution in [2.24, 2.45) is 17.4 Å². The molecule has 0 aliphatic heterocycles. The first-order chi connectivity index (χ1) is 9.61. The lowest BCUT2D eigenvalue weighted by Crippen LogP contribution is -2.45. The van der Waals surface area contributed by atoms with Crippen LogP contribution in [0.1, 0.15) is 52.1 Å². The fourth-order valence-corrected chi connectivity index (χ4v) is 3.53. The smallest absolute Gasteiger partial charge is 0.261 e. The SMILES string of the molecule is NCC(NC(=O)c1cc(C(N)=O)cs1)C1CCCCC1. The van der Waals surface area contributed by atoms with Crippen molar-refractivity contribution < 1.29 is 9.59 Å². The van der Waals surface area contributed by atoms with Crippen molar-refractivity contribution in [1.82, 2.24) is 5.32 Å². The second kappa shape index (κ2) is 6.85. The first kappa shape index (κ1) is 15.0. The molecule has 1 aliphatic rings. The average Bonchev–Trinajstić information content (AvgIpc) is 2.95. The Hall–Kier alpha value is -1.40. The summed E-state index contributed by atoms with van der Waals surface area (Å²) in [7, 11) is 0. The van der Waals surface area contributed by atoms with E-state index in [1.807, 2.05) is 0 Å². The van der Waals surface area contributed by atoms with E-state index in [4.69, 9.17) is 11.5 Å². The van der Waals surface area contributed by atoms with E-state index in [2.05, 4.69) is 5.32 Å². The molecule has 5 N–H and O–H groups in total. The molecule has 2 amide bonds. The van der Waals surface area contributed by atoms with Crippen LogP contribution in [0.3, 0.4) is 0 Å². The molecule has 0 aromatic carbocycles. The molecular weight excluding hydrogens is 274 g/mol. The normalized spacial score (nSPS) is 17.6. The Balaban J connectivity index is 1.98. The monoisotopic (exact) mass is 295 g/mol. The van der Waals surface area contributed by atoms with E-state index in [1.165, 1.54) is 36.7 Å². The van der Waals surface area contributed by atoms with Crippen molar-refractivity contribution in [2.75, 3.05) is 6.54 Å². The maximum absolute atomic E-state index is 12.2. The lowest BCUT2D eigenvalue weighted by Gasteiger charge is -2.29.